The molecule has 0 radical (unpaired) electrons. The zero-order valence-corrected chi connectivity index (χ0v) is 18.9. The molecule has 0 aromatic carbocycles. The molecule has 31 heavy (non-hydrogen) atoms. The average molecular weight is 441 g/mol. The number of carbonyl (C=O) groups is 1. The molecule has 8 nitrogen and oxygen atoms in total. The second-order valence-corrected chi connectivity index (χ2v) is 8.13. The minimum Gasteiger partial charge on any atom is -0.426 e. The third kappa shape index (κ3) is 6.35. The predicted molar refractivity (Wildman–Crippen MR) is 121 cm³/mol. The Morgan fingerprint density at radius 1 is 1.26 bits per heavy atom. The van der Waals surface area contributed by atoms with E-state index in [1.807, 2.05) is 19.2 Å². The van der Waals surface area contributed by atoms with Gasteiger partial charge < -0.3 is 15.1 Å². The topological polar surface area (TPSA) is 106 Å². The van der Waals surface area contributed by atoms with Crippen molar-refractivity contribution in [2.24, 2.45) is 0 Å². The number of aromatic nitrogens is 4. The van der Waals surface area contributed by atoms with Crippen LogP contribution in [0.4, 0.5) is 0 Å². The van der Waals surface area contributed by atoms with E-state index in [1.165, 1.54) is 12.0 Å². The van der Waals surface area contributed by atoms with Crippen LogP contribution in [-0.4, -0.2) is 39.4 Å². The van der Waals surface area contributed by atoms with Crippen LogP contribution in [-0.2, 0) is 25.3 Å². The average Bonchev–Trinajstić information content (AvgIpc) is 3.31. The van der Waals surface area contributed by atoms with Crippen LogP contribution >= 0.6 is 11.8 Å². The third-order valence-corrected chi connectivity index (χ3v) is 5.59. The van der Waals surface area contributed by atoms with E-state index >= 15 is 0 Å². The number of carbonyl (C=O) groups excluding carboxylic acids is 1. The Labute approximate surface area is 186 Å². The summed E-state index contributed by atoms with van der Waals surface area (Å²) >= 11 is 1.80. The molecule has 2 N–H and O–H groups in total. The second kappa shape index (κ2) is 11.6. The van der Waals surface area contributed by atoms with Crippen LogP contribution in [0.1, 0.15) is 58.2 Å². The van der Waals surface area contributed by atoms with Gasteiger partial charge in [0, 0.05) is 24.2 Å². The molecule has 3 aromatic heterocycles. The first-order chi connectivity index (χ1) is 15.1. The second-order valence-electron chi connectivity index (χ2n) is 7.27. The summed E-state index contributed by atoms with van der Waals surface area (Å²) in [4.78, 5) is 21.9. The zero-order chi connectivity index (χ0) is 22.1. The fourth-order valence-electron chi connectivity index (χ4n) is 3.36. The Kier molecular flexibility index (Phi) is 8.54. The number of rotatable bonds is 11. The molecule has 0 spiro atoms. The van der Waals surface area contributed by atoms with Gasteiger partial charge in [0.1, 0.15) is 5.69 Å². The summed E-state index contributed by atoms with van der Waals surface area (Å²) in [5, 5.41) is 13.4. The summed E-state index contributed by atoms with van der Waals surface area (Å²) in [5.74, 6) is 1.21. The predicted octanol–water partition coefficient (Wildman–Crippen LogP) is 3.11. The van der Waals surface area contributed by atoms with Gasteiger partial charge in [-0.3, -0.25) is 14.8 Å². The Morgan fingerprint density at radius 2 is 2.13 bits per heavy atom. The van der Waals surface area contributed by atoms with Crippen LogP contribution in [0.25, 0.3) is 0 Å². The molecule has 0 aliphatic rings. The molecule has 0 saturated heterocycles. The maximum atomic E-state index is 12.7. The molecule has 0 saturated carbocycles. The third-order valence-electron chi connectivity index (χ3n) is 4.99. The molecule has 1 unspecified atom stereocenters. The first kappa shape index (κ1) is 22.9. The molecule has 0 aliphatic carbocycles. The van der Waals surface area contributed by atoms with Crippen LogP contribution in [0.2, 0.25) is 0 Å². The van der Waals surface area contributed by atoms with Crippen LogP contribution in [0, 0.1) is 0 Å². The molecule has 1 amide bonds. The SMILES string of the molecule is CNCc1nc(CCC(C)c2cccnc2C(=O)NCc2nnco2)ccc1CSC. The van der Waals surface area contributed by atoms with Gasteiger partial charge in [0.15, 0.2) is 0 Å². The first-order valence-electron chi connectivity index (χ1n) is 10.2. The van der Waals surface area contributed by atoms with Crippen molar-refractivity contribution in [1.29, 1.82) is 0 Å². The van der Waals surface area contributed by atoms with Gasteiger partial charge >= 0.3 is 0 Å². The van der Waals surface area contributed by atoms with Crippen molar-refractivity contribution >= 4 is 17.7 Å². The molecule has 0 fully saturated rings. The molecule has 3 aromatic rings. The van der Waals surface area contributed by atoms with Gasteiger partial charge in [-0.25, -0.2) is 0 Å². The quantitative estimate of drug-likeness (QED) is 0.468. The Hall–Kier alpha value is -2.78. The summed E-state index contributed by atoms with van der Waals surface area (Å²) in [5.41, 5.74) is 4.78. The lowest BCUT2D eigenvalue weighted by atomic mass is 9.93. The molecule has 0 bridgehead atoms. The van der Waals surface area contributed by atoms with Crippen LogP contribution in [0.5, 0.6) is 0 Å². The largest absolute Gasteiger partial charge is 0.426 e. The van der Waals surface area contributed by atoms with Crippen molar-refractivity contribution < 1.29 is 9.21 Å². The molecule has 164 valence electrons. The van der Waals surface area contributed by atoms with Crippen molar-refractivity contribution in [2.75, 3.05) is 13.3 Å². The van der Waals surface area contributed by atoms with Crippen molar-refractivity contribution in [1.82, 2.24) is 30.8 Å². The Balaban J connectivity index is 1.66. The van der Waals surface area contributed by atoms with Crippen molar-refractivity contribution in [3.8, 4) is 0 Å². The van der Waals surface area contributed by atoms with E-state index in [-0.39, 0.29) is 18.4 Å². The highest BCUT2D eigenvalue weighted by molar-refractivity contribution is 7.97. The van der Waals surface area contributed by atoms with Gasteiger partial charge in [0.2, 0.25) is 12.3 Å². The van der Waals surface area contributed by atoms with E-state index < -0.39 is 0 Å². The normalized spacial score (nSPS) is 12.0. The number of nitrogens with one attached hydrogen (secondary N) is 2. The maximum Gasteiger partial charge on any atom is 0.270 e. The summed E-state index contributed by atoms with van der Waals surface area (Å²) in [6, 6.07) is 8.11. The van der Waals surface area contributed by atoms with Gasteiger partial charge in [-0.2, -0.15) is 11.8 Å². The molecular formula is C22H28N6O2S. The summed E-state index contributed by atoms with van der Waals surface area (Å²) in [6.45, 7) is 3.04. The zero-order valence-electron chi connectivity index (χ0n) is 18.1. The lowest BCUT2D eigenvalue weighted by molar-refractivity contribution is 0.0940. The minimum absolute atomic E-state index is 0.151. The molecule has 0 aliphatic heterocycles. The van der Waals surface area contributed by atoms with Crippen LogP contribution in [0.15, 0.2) is 41.3 Å². The fourth-order valence-corrected chi connectivity index (χ4v) is 3.93. The monoisotopic (exact) mass is 440 g/mol. The van der Waals surface area contributed by atoms with Crippen molar-refractivity contribution in [3.63, 3.8) is 0 Å². The van der Waals surface area contributed by atoms with E-state index in [0.29, 0.717) is 11.6 Å². The van der Waals surface area contributed by atoms with Crippen LogP contribution < -0.4 is 10.6 Å². The van der Waals surface area contributed by atoms with Crippen LogP contribution in [0.3, 0.4) is 0 Å². The molecule has 9 heteroatoms. The number of nitrogens with zero attached hydrogens (tertiary/aromatic N) is 4. The number of aryl methyl sites for hydroxylation is 1. The van der Waals surface area contributed by atoms with E-state index in [0.717, 1.165) is 42.1 Å². The van der Waals surface area contributed by atoms with Gasteiger partial charge in [0.05, 0.1) is 12.2 Å². The number of amides is 1. The first-order valence-corrected chi connectivity index (χ1v) is 11.6. The van der Waals surface area contributed by atoms with E-state index in [1.54, 1.807) is 18.0 Å². The highest BCUT2D eigenvalue weighted by atomic mass is 32.2. The van der Waals surface area contributed by atoms with Gasteiger partial charge in [-0.15, -0.1) is 10.2 Å². The number of hydrogen-bond donors (Lipinski definition) is 2. The van der Waals surface area contributed by atoms with E-state index in [4.69, 9.17) is 9.40 Å². The lowest BCUT2D eigenvalue weighted by Crippen LogP contribution is -2.25. The standard InChI is InChI=1S/C22H28N6O2S/c1-15(6-8-17-9-7-16(13-31-3)19(27-17)11-23-2)18-5-4-10-24-21(18)22(29)25-12-20-28-26-14-30-20/h4-5,7,9-10,14-15,23H,6,8,11-13H2,1-3H3,(H,25,29). The summed E-state index contributed by atoms with van der Waals surface area (Å²) in [6.07, 6.45) is 6.66. The molecule has 3 heterocycles. The van der Waals surface area contributed by atoms with Gasteiger partial charge in [-0.05, 0) is 55.3 Å². The highest BCUT2D eigenvalue weighted by Gasteiger charge is 2.18. The Bertz CT molecular complexity index is 980. The minimum atomic E-state index is -0.253. The maximum absolute atomic E-state index is 12.7. The fraction of sp³-hybridized carbons (Fsp3) is 0.409. The highest BCUT2D eigenvalue weighted by Crippen LogP contribution is 2.24. The Morgan fingerprint density at radius 3 is 2.87 bits per heavy atom. The number of thioether (sulfide) groups is 1. The summed E-state index contributed by atoms with van der Waals surface area (Å²) in [7, 11) is 1.94. The van der Waals surface area contributed by atoms with E-state index in [2.05, 4.69) is 51.1 Å². The van der Waals surface area contributed by atoms with Crippen molar-refractivity contribution in [2.45, 2.75) is 44.5 Å². The molecular weight excluding hydrogens is 412 g/mol. The summed E-state index contributed by atoms with van der Waals surface area (Å²) < 4.78 is 5.07. The lowest BCUT2D eigenvalue weighted by Gasteiger charge is -2.16. The molecule has 3 rings (SSSR count). The number of hydrogen-bond acceptors (Lipinski definition) is 8. The molecule has 1 atom stereocenters. The van der Waals surface area contributed by atoms with Gasteiger partial charge in [0.25, 0.3) is 5.91 Å². The van der Waals surface area contributed by atoms with Crippen molar-refractivity contribution in [3.05, 3.63) is 71.0 Å². The number of pyridine rings is 2. The van der Waals surface area contributed by atoms with E-state index in [9.17, 15) is 4.79 Å². The van der Waals surface area contributed by atoms with Gasteiger partial charge in [-0.1, -0.05) is 19.1 Å². The smallest absolute Gasteiger partial charge is 0.270 e.